The van der Waals surface area contributed by atoms with E-state index in [2.05, 4.69) is 45.2 Å². The van der Waals surface area contributed by atoms with Crippen molar-refractivity contribution in [2.75, 3.05) is 19.7 Å². The molecule has 0 aromatic carbocycles. The highest BCUT2D eigenvalue weighted by molar-refractivity contribution is 5.09. The fraction of sp³-hybridized carbons (Fsp3) is 0.739. The number of aliphatic hydroxyl groups excluding tert-OH is 1. The predicted octanol–water partition coefficient (Wildman–Crippen LogP) is 6.33. The Labute approximate surface area is 157 Å². The zero-order valence-electron chi connectivity index (χ0n) is 17.4. The number of hydrogen-bond donors (Lipinski definition) is 2. The highest BCUT2D eigenvalue weighted by Gasteiger charge is 1.98. The molecule has 0 saturated heterocycles. The van der Waals surface area contributed by atoms with E-state index in [0.29, 0.717) is 0 Å². The van der Waals surface area contributed by atoms with E-state index < -0.39 is 0 Å². The lowest BCUT2D eigenvalue weighted by Crippen LogP contribution is -2.18. The van der Waals surface area contributed by atoms with Gasteiger partial charge in [0.15, 0.2) is 0 Å². The SMILES string of the molecule is CCCCCCCCNC/C(=C\CC/C(C)=C/CO)CCC=C(C)C. The molecule has 0 fully saturated rings. The van der Waals surface area contributed by atoms with Crippen LogP contribution in [0.15, 0.2) is 34.9 Å². The summed E-state index contributed by atoms with van der Waals surface area (Å²) in [6, 6.07) is 0. The van der Waals surface area contributed by atoms with Crippen LogP contribution in [0.25, 0.3) is 0 Å². The predicted molar refractivity (Wildman–Crippen MR) is 113 cm³/mol. The van der Waals surface area contributed by atoms with Crippen LogP contribution in [-0.2, 0) is 0 Å². The maximum absolute atomic E-state index is 8.94. The number of aliphatic hydroxyl groups is 1. The van der Waals surface area contributed by atoms with E-state index in [0.717, 1.165) is 38.8 Å². The standard InChI is InChI=1S/C23H43NO/c1-5-6-7-8-9-10-18-24-20-23(15-11-13-21(2)3)16-12-14-22(4)17-19-25/h13,16-17,24-25H,5-12,14-15,18-20H2,1-4H3/b22-17+,23-16-. The van der Waals surface area contributed by atoms with Gasteiger partial charge in [0.05, 0.1) is 6.61 Å². The van der Waals surface area contributed by atoms with Crippen molar-refractivity contribution in [3.63, 3.8) is 0 Å². The molecule has 0 bridgehead atoms. The van der Waals surface area contributed by atoms with E-state index >= 15 is 0 Å². The lowest BCUT2D eigenvalue weighted by molar-refractivity contribution is 0.341. The summed E-state index contributed by atoms with van der Waals surface area (Å²) in [7, 11) is 0. The van der Waals surface area contributed by atoms with Crippen molar-refractivity contribution in [2.24, 2.45) is 0 Å². The Bertz CT molecular complexity index is 389. The molecule has 0 saturated carbocycles. The smallest absolute Gasteiger partial charge is 0.0614 e. The van der Waals surface area contributed by atoms with Crippen LogP contribution in [0, 0.1) is 0 Å². The molecule has 0 aromatic rings. The van der Waals surface area contributed by atoms with E-state index in [-0.39, 0.29) is 6.61 Å². The maximum atomic E-state index is 8.94. The Morgan fingerprint density at radius 2 is 1.52 bits per heavy atom. The summed E-state index contributed by atoms with van der Waals surface area (Å²) in [5.74, 6) is 0. The summed E-state index contributed by atoms with van der Waals surface area (Å²) in [6.07, 6.45) is 19.2. The maximum Gasteiger partial charge on any atom is 0.0614 e. The zero-order chi connectivity index (χ0) is 18.8. The van der Waals surface area contributed by atoms with E-state index in [1.54, 1.807) is 0 Å². The van der Waals surface area contributed by atoms with Gasteiger partial charge in [0.1, 0.15) is 0 Å². The highest BCUT2D eigenvalue weighted by atomic mass is 16.2. The lowest BCUT2D eigenvalue weighted by atomic mass is 10.0. The molecule has 0 rings (SSSR count). The topological polar surface area (TPSA) is 32.3 Å². The molecule has 25 heavy (non-hydrogen) atoms. The first-order valence-corrected chi connectivity index (χ1v) is 10.4. The molecule has 0 radical (unpaired) electrons. The molecule has 0 heterocycles. The summed E-state index contributed by atoms with van der Waals surface area (Å²) in [5.41, 5.74) is 4.21. The van der Waals surface area contributed by atoms with Crippen LogP contribution in [0.4, 0.5) is 0 Å². The number of unbranched alkanes of at least 4 members (excludes halogenated alkanes) is 5. The van der Waals surface area contributed by atoms with E-state index in [9.17, 15) is 0 Å². The van der Waals surface area contributed by atoms with Gasteiger partial charge >= 0.3 is 0 Å². The molecular formula is C23H43NO. The van der Waals surface area contributed by atoms with E-state index in [1.165, 1.54) is 55.2 Å². The van der Waals surface area contributed by atoms with E-state index in [1.807, 2.05) is 6.08 Å². The first-order valence-electron chi connectivity index (χ1n) is 10.4. The number of nitrogens with one attached hydrogen (secondary N) is 1. The van der Waals surface area contributed by atoms with Crippen molar-refractivity contribution in [1.29, 1.82) is 0 Å². The minimum absolute atomic E-state index is 0.156. The molecule has 0 atom stereocenters. The Balaban J connectivity index is 4.12. The normalized spacial score (nSPS) is 12.5. The fourth-order valence-electron chi connectivity index (χ4n) is 2.85. The van der Waals surface area contributed by atoms with Gasteiger partial charge in [-0.1, -0.05) is 74.0 Å². The second kappa shape index (κ2) is 17.9. The molecular weight excluding hydrogens is 306 g/mol. The van der Waals surface area contributed by atoms with Crippen molar-refractivity contribution in [3.05, 3.63) is 34.9 Å². The monoisotopic (exact) mass is 349 g/mol. The molecule has 0 aliphatic rings. The van der Waals surface area contributed by atoms with Crippen LogP contribution < -0.4 is 5.32 Å². The third kappa shape index (κ3) is 17.7. The summed E-state index contributed by atoms with van der Waals surface area (Å²) >= 11 is 0. The van der Waals surface area contributed by atoms with Gasteiger partial charge in [0, 0.05) is 6.54 Å². The average molecular weight is 350 g/mol. The van der Waals surface area contributed by atoms with Crippen LogP contribution in [-0.4, -0.2) is 24.8 Å². The highest BCUT2D eigenvalue weighted by Crippen LogP contribution is 2.12. The van der Waals surface area contributed by atoms with Gasteiger partial charge in [-0.15, -0.1) is 0 Å². The van der Waals surface area contributed by atoms with Gasteiger partial charge in [-0.05, 0) is 59.4 Å². The lowest BCUT2D eigenvalue weighted by Gasteiger charge is -2.09. The summed E-state index contributed by atoms with van der Waals surface area (Å²) < 4.78 is 0. The Morgan fingerprint density at radius 3 is 2.20 bits per heavy atom. The zero-order valence-corrected chi connectivity index (χ0v) is 17.4. The molecule has 0 aromatic heterocycles. The molecule has 146 valence electrons. The van der Waals surface area contributed by atoms with Gasteiger partial charge in [-0.2, -0.15) is 0 Å². The largest absolute Gasteiger partial charge is 0.392 e. The van der Waals surface area contributed by atoms with Crippen molar-refractivity contribution in [2.45, 2.75) is 91.9 Å². The third-order valence-corrected chi connectivity index (χ3v) is 4.49. The van der Waals surface area contributed by atoms with Crippen LogP contribution in [0.1, 0.15) is 91.9 Å². The number of allylic oxidation sites excluding steroid dienone is 4. The quantitative estimate of drug-likeness (QED) is 0.252. The van der Waals surface area contributed by atoms with Gasteiger partial charge < -0.3 is 10.4 Å². The van der Waals surface area contributed by atoms with Crippen molar-refractivity contribution in [1.82, 2.24) is 5.32 Å². The minimum atomic E-state index is 0.156. The van der Waals surface area contributed by atoms with Crippen LogP contribution >= 0.6 is 0 Å². The summed E-state index contributed by atoms with van der Waals surface area (Å²) in [5, 5.41) is 12.6. The van der Waals surface area contributed by atoms with Crippen LogP contribution in [0.2, 0.25) is 0 Å². The fourth-order valence-corrected chi connectivity index (χ4v) is 2.85. The Kier molecular flexibility index (Phi) is 17.3. The molecule has 0 amide bonds. The second-order valence-electron chi connectivity index (χ2n) is 7.40. The number of hydrogen-bond acceptors (Lipinski definition) is 2. The van der Waals surface area contributed by atoms with Crippen molar-refractivity contribution >= 4 is 0 Å². The van der Waals surface area contributed by atoms with E-state index in [4.69, 9.17) is 5.11 Å². The first-order chi connectivity index (χ1) is 12.1. The van der Waals surface area contributed by atoms with Gasteiger partial charge in [0.2, 0.25) is 0 Å². The molecule has 2 N–H and O–H groups in total. The first kappa shape index (κ1) is 24.1. The minimum Gasteiger partial charge on any atom is -0.392 e. The summed E-state index contributed by atoms with van der Waals surface area (Å²) in [4.78, 5) is 0. The van der Waals surface area contributed by atoms with Gasteiger partial charge in [0.25, 0.3) is 0 Å². The molecule has 0 unspecified atom stereocenters. The van der Waals surface area contributed by atoms with Gasteiger partial charge in [-0.3, -0.25) is 0 Å². The van der Waals surface area contributed by atoms with Crippen LogP contribution in [0.3, 0.4) is 0 Å². The van der Waals surface area contributed by atoms with Crippen LogP contribution in [0.5, 0.6) is 0 Å². The molecule has 2 nitrogen and oxygen atoms in total. The number of rotatable bonds is 16. The van der Waals surface area contributed by atoms with Crippen molar-refractivity contribution < 1.29 is 5.11 Å². The third-order valence-electron chi connectivity index (χ3n) is 4.49. The van der Waals surface area contributed by atoms with Crippen molar-refractivity contribution in [3.8, 4) is 0 Å². The molecule has 2 heteroatoms. The molecule has 0 spiro atoms. The Hall–Kier alpha value is -0.860. The summed E-state index contributed by atoms with van der Waals surface area (Å²) in [6.45, 7) is 11.0. The average Bonchev–Trinajstić information content (AvgIpc) is 2.56. The molecule has 0 aliphatic heterocycles. The van der Waals surface area contributed by atoms with Gasteiger partial charge in [-0.25, -0.2) is 0 Å². The second-order valence-corrected chi connectivity index (χ2v) is 7.40. The Morgan fingerprint density at radius 1 is 0.840 bits per heavy atom. The molecule has 0 aliphatic carbocycles.